The monoisotopic (exact) mass is 268 g/mol. The van der Waals surface area contributed by atoms with Crippen LogP contribution in [0.1, 0.15) is 10.4 Å². The lowest BCUT2D eigenvalue weighted by molar-refractivity contribution is -0.242. The third-order valence-electron chi connectivity index (χ3n) is 1.92. The minimum atomic E-state index is -1.96. The lowest BCUT2D eigenvalue weighted by Crippen LogP contribution is -2.44. The Bertz CT molecular complexity index is 462. The number of carbonyl (C=O) groups is 3. The lowest BCUT2D eigenvalue weighted by Gasteiger charge is -2.09. The van der Waals surface area contributed by atoms with E-state index in [9.17, 15) is 14.4 Å². The number of hydrogen-bond donors (Lipinski definition) is 3. The molecule has 1 atom stereocenters. The molecule has 0 aromatic heterocycles. The molecule has 8 heteroatoms. The predicted molar refractivity (Wildman–Crippen MR) is 61.2 cm³/mol. The quantitative estimate of drug-likeness (QED) is 0.351. The normalized spacial score (nSPS) is 11.3. The fourth-order valence-electron chi connectivity index (χ4n) is 1.02. The van der Waals surface area contributed by atoms with Crippen molar-refractivity contribution in [3.8, 4) is 0 Å². The van der Waals surface area contributed by atoms with Gasteiger partial charge in [0, 0.05) is 0 Å². The van der Waals surface area contributed by atoms with Gasteiger partial charge in [0.25, 0.3) is 0 Å². The number of amides is 1. The highest BCUT2D eigenvalue weighted by molar-refractivity contribution is 5.90. The van der Waals surface area contributed by atoms with E-state index in [1.165, 1.54) is 12.1 Å². The van der Waals surface area contributed by atoms with E-state index in [1.54, 1.807) is 18.2 Å². The summed E-state index contributed by atoms with van der Waals surface area (Å²) in [6, 6.07) is 7.77. The van der Waals surface area contributed by atoms with Gasteiger partial charge < -0.3 is 16.2 Å². The third-order valence-corrected chi connectivity index (χ3v) is 1.92. The first kappa shape index (κ1) is 14.6. The number of hydrogen-bond acceptors (Lipinski definition) is 7. The molecule has 0 aliphatic heterocycles. The van der Waals surface area contributed by atoms with Crippen molar-refractivity contribution in [1.29, 1.82) is 0 Å². The molecule has 0 aliphatic carbocycles. The maximum absolute atomic E-state index is 11.4. The van der Waals surface area contributed by atoms with Crippen molar-refractivity contribution in [1.82, 2.24) is 5.32 Å². The van der Waals surface area contributed by atoms with Crippen LogP contribution in [0.3, 0.4) is 0 Å². The number of nitrogens with one attached hydrogen (secondary N) is 1. The van der Waals surface area contributed by atoms with Crippen LogP contribution in [0.25, 0.3) is 0 Å². The minimum absolute atomic E-state index is 0.163. The van der Waals surface area contributed by atoms with Gasteiger partial charge in [-0.25, -0.2) is 19.4 Å². The number of benzene rings is 1. The first-order valence-corrected chi connectivity index (χ1v) is 5.20. The van der Waals surface area contributed by atoms with E-state index in [-0.39, 0.29) is 5.56 Å². The Morgan fingerprint density at radius 2 is 1.84 bits per heavy atom. The van der Waals surface area contributed by atoms with E-state index in [4.69, 9.17) is 10.8 Å². The molecule has 1 aromatic carbocycles. The first-order chi connectivity index (χ1) is 9.04. The highest BCUT2D eigenvalue weighted by Gasteiger charge is 2.21. The van der Waals surface area contributed by atoms with Crippen LogP contribution in [0.5, 0.6) is 0 Å². The van der Waals surface area contributed by atoms with Gasteiger partial charge in [-0.3, -0.25) is 4.79 Å². The molecule has 1 amide bonds. The fraction of sp³-hybridized carbons (Fsp3) is 0.182. The highest BCUT2D eigenvalue weighted by atomic mass is 17.2. The Hall–Kier alpha value is -2.45. The zero-order chi connectivity index (χ0) is 14.3. The van der Waals surface area contributed by atoms with Gasteiger partial charge in [-0.05, 0) is 12.1 Å². The molecular formula is C11H12N2O6. The number of nitrogens with two attached hydrogens (primary N) is 1. The second-order valence-electron chi connectivity index (χ2n) is 3.31. The van der Waals surface area contributed by atoms with E-state index >= 15 is 0 Å². The van der Waals surface area contributed by atoms with Crippen LogP contribution in [-0.4, -0.2) is 35.7 Å². The topological polar surface area (TPSA) is 128 Å². The van der Waals surface area contributed by atoms with Crippen molar-refractivity contribution in [2.75, 3.05) is 6.54 Å². The molecule has 0 bridgehead atoms. The van der Waals surface area contributed by atoms with Gasteiger partial charge >= 0.3 is 11.9 Å². The summed E-state index contributed by atoms with van der Waals surface area (Å²) in [4.78, 5) is 41.5. The summed E-state index contributed by atoms with van der Waals surface area (Å²) in [5, 5.41) is 11.0. The maximum Gasteiger partial charge on any atom is 0.404 e. The molecule has 19 heavy (non-hydrogen) atoms. The Morgan fingerprint density at radius 3 is 2.42 bits per heavy atom. The van der Waals surface area contributed by atoms with Crippen molar-refractivity contribution >= 4 is 17.8 Å². The van der Waals surface area contributed by atoms with Crippen molar-refractivity contribution in [2.24, 2.45) is 5.73 Å². The number of carbonyl (C=O) groups excluding carboxylic acids is 3. The zero-order valence-corrected chi connectivity index (χ0v) is 9.74. The number of rotatable bonds is 4. The van der Waals surface area contributed by atoms with Crippen LogP contribution >= 0.6 is 0 Å². The molecule has 0 saturated heterocycles. The van der Waals surface area contributed by atoms with Gasteiger partial charge in [-0.2, -0.15) is 0 Å². The van der Waals surface area contributed by atoms with Crippen molar-refractivity contribution in [3.05, 3.63) is 35.9 Å². The summed E-state index contributed by atoms with van der Waals surface area (Å²) >= 11 is 0. The van der Waals surface area contributed by atoms with E-state index in [2.05, 4.69) is 9.78 Å². The van der Waals surface area contributed by atoms with Crippen molar-refractivity contribution in [3.63, 3.8) is 0 Å². The molecule has 1 unspecified atom stereocenters. The van der Waals surface area contributed by atoms with E-state index in [0.29, 0.717) is 0 Å². The molecule has 0 radical (unpaired) electrons. The SMILES string of the molecule is NCC(=O)NC(O)C(=O)OOC(=O)c1ccccc1. The minimum Gasteiger partial charge on any atom is -0.364 e. The summed E-state index contributed by atoms with van der Waals surface area (Å²) in [6.07, 6.45) is -1.96. The smallest absolute Gasteiger partial charge is 0.364 e. The highest BCUT2D eigenvalue weighted by Crippen LogP contribution is 2.01. The molecule has 0 spiro atoms. The van der Waals surface area contributed by atoms with Gasteiger partial charge in [-0.15, -0.1) is 0 Å². The zero-order valence-electron chi connectivity index (χ0n) is 9.74. The largest absolute Gasteiger partial charge is 0.404 e. The first-order valence-electron chi connectivity index (χ1n) is 5.20. The van der Waals surface area contributed by atoms with Gasteiger partial charge in [0.15, 0.2) is 0 Å². The summed E-state index contributed by atoms with van der Waals surface area (Å²) in [5.41, 5.74) is 5.12. The second kappa shape index (κ2) is 7.09. The molecule has 8 nitrogen and oxygen atoms in total. The van der Waals surface area contributed by atoms with Gasteiger partial charge in [0.2, 0.25) is 12.1 Å². The molecule has 0 aliphatic rings. The Balaban J connectivity index is 2.42. The van der Waals surface area contributed by atoms with Crippen LogP contribution in [-0.2, 0) is 19.4 Å². The molecule has 4 N–H and O–H groups in total. The molecular weight excluding hydrogens is 256 g/mol. The van der Waals surface area contributed by atoms with Gasteiger partial charge in [0.1, 0.15) is 0 Å². The molecule has 0 heterocycles. The van der Waals surface area contributed by atoms with Crippen LogP contribution in [0, 0.1) is 0 Å². The summed E-state index contributed by atoms with van der Waals surface area (Å²) in [6.45, 7) is -0.409. The van der Waals surface area contributed by atoms with Crippen LogP contribution < -0.4 is 11.1 Å². The van der Waals surface area contributed by atoms with Gasteiger partial charge in [-0.1, -0.05) is 18.2 Å². The Kier molecular flexibility index (Phi) is 5.45. The third kappa shape index (κ3) is 4.74. The van der Waals surface area contributed by atoms with Crippen LogP contribution in [0.4, 0.5) is 0 Å². The standard InChI is InChI=1S/C11H12N2O6/c12-6-8(14)13-9(15)11(17)19-18-10(16)7-4-2-1-3-5-7/h1-5,9,15H,6,12H2,(H,13,14). The summed E-state index contributed by atoms with van der Waals surface area (Å²) < 4.78 is 0. The van der Waals surface area contributed by atoms with Crippen molar-refractivity contribution in [2.45, 2.75) is 6.23 Å². The average Bonchev–Trinajstić information content (AvgIpc) is 2.44. The van der Waals surface area contributed by atoms with Crippen LogP contribution in [0.2, 0.25) is 0 Å². The maximum atomic E-state index is 11.4. The van der Waals surface area contributed by atoms with E-state index in [0.717, 1.165) is 0 Å². The number of aliphatic hydroxyl groups excluding tert-OH is 1. The molecule has 0 fully saturated rings. The van der Waals surface area contributed by atoms with Crippen molar-refractivity contribution < 1.29 is 29.3 Å². The Morgan fingerprint density at radius 1 is 1.21 bits per heavy atom. The predicted octanol–water partition coefficient (Wildman–Crippen LogP) is -1.31. The molecule has 1 rings (SSSR count). The summed E-state index contributed by atoms with van der Waals surface area (Å²) in [7, 11) is 0. The second-order valence-corrected chi connectivity index (χ2v) is 3.31. The average molecular weight is 268 g/mol. The number of aliphatic hydroxyl groups is 1. The van der Waals surface area contributed by atoms with E-state index < -0.39 is 30.6 Å². The molecule has 102 valence electrons. The fourth-order valence-corrected chi connectivity index (χ4v) is 1.02. The summed E-state index contributed by atoms with van der Waals surface area (Å²) in [5.74, 6) is -3.02. The lowest BCUT2D eigenvalue weighted by atomic mass is 10.2. The van der Waals surface area contributed by atoms with Crippen LogP contribution in [0.15, 0.2) is 30.3 Å². The Labute approximate surface area is 108 Å². The van der Waals surface area contributed by atoms with E-state index in [1.807, 2.05) is 5.32 Å². The molecule has 1 aromatic rings. The van der Waals surface area contributed by atoms with Gasteiger partial charge in [0.05, 0.1) is 12.1 Å². The molecule has 0 saturated carbocycles.